The number of rotatable bonds is 3. The van der Waals surface area contributed by atoms with E-state index >= 15 is 0 Å². The highest BCUT2D eigenvalue weighted by Gasteiger charge is 2.23. The monoisotopic (exact) mass is 302 g/mol. The molecular weight excluding hydrogens is 286 g/mol. The van der Waals surface area contributed by atoms with E-state index in [0.29, 0.717) is 25.5 Å². The van der Waals surface area contributed by atoms with Crippen LogP contribution < -0.4 is 0 Å². The van der Waals surface area contributed by atoms with Crippen LogP contribution in [0.5, 0.6) is 0 Å². The maximum Gasteiger partial charge on any atom is 0.256 e. The first kappa shape index (κ1) is 15.2. The zero-order valence-electron chi connectivity index (χ0n) is 11.1. The van der Waals surface area contributed by atoms with Gasteiger partial charge in [0, 0.05) is 32.1 Å². The first-order valence-electron chi connectivity index (χ1n) is 6.65. The van der Waals surface area contributed by atoms with Crippen LogP contribution in [-0.2, 0) is 0 Å². The van der Waals surface area contributed by atoms with Crippen molar-refractivity contribution in [3.63, 3.8) is 0 Å². The van der Waals surface area contributed by atoms with Crippen molar-refractivity contribution in [2.45, 2.75) is 6.42 Å². The van der Waals surface area contributed by atoms with Crippen LogP contribution in [0.1, 0.15) is 16.8 Å². The second-order valence-corrected chi connectivity index (χ2v) is 5.16. The summed E-state index contributed by atoms with van der Waals surface area (Å²) < 4.78 is 26.8. The third-order valence-corrected chi connectivity index (χ3v) is 3.63. The number of nitrogens with zero attached hydrogens (tertiary/aromatic N) is 2. The first-order chi connectivity index (χ1) is 9.63. The Hall–Kier alpha value is -1.20. The molecule has 0 spiro atoms. The van der Waals surface area contributed by atoms with Crippen LogP contribution in [0.3, 0.4) is 0 Å². The van der Waals surface area contributed by atoms with Gasteiger partial charge in [-0.05, 0) is 25.1 Å². The number of benzene rings is 1. The lowest BCUT2D eigenvalue weighted by Crippen LogP contribution is -2.36. The minimum atomic E-state index is -1.07. The van der Waals surface area contributed by atoms with Gasteiger partial charge >= 0.3 is 0 Å². The summed E-state index contributed by atoms with van der Waals surface area (Å²) in [6, 6.07) is 3.68. The Morgan fingerprint density at radius 2 is 2.00 bits per heavy atom. The van der Waals surface area contributed by atoms with Crippen LogP contribution >= 0.6 is 11.6 Å². The molecule has 0 saturated carbocycles. The highest BCUT2D eigenvalue weighted by molar-refractivity contribution is 6.18. The minimum absolute atomic E-state index is 0.198. The summed E-state index contributed by atoms with van der Waals surface area (Å²) in [5.74, 6) is -1.96. The molecule has 6 heteroatoms. The van der Waals surface area contributed by atoms with E-state index in [4.69, 9.17) is 11.6 Å². The molecule has 2 rings (SSSR count). The van der Waals surface area contributed by atoms with Gasteiger partial charge < -0.3 is 9.80 Å². The van der Waals surface area contributed by atoms with Gasteiger partial charge in [0.25, 0.3) is 5.91 Å². The number of hydrogen-bond acceptors (Lipinski definition) is 2. The Morgan fingerprint density at radius 1 is 1.20 bits per heavy atom. The van der Waals surface area contributed by atoms with Crippen molar-refractivity contribution in [1.82, 2.24) is 9.80 Å². The number of amides is 1. The zero-order valence-corrected chi connectivity index (χ0v) is 11.9. The fraction of sp³-hybridized carbons (Fsp3) is 0.500. The summed E-state index contributed by atoms with van der Waals surface area (Å²) in [6.45, 7) is 3.40. The van der Waals surface area contributed by atoms with Gasteiger partial charge in [0.05, 0.1) is 5.56 Å². The topological polar surface area (TPSA) is 23.6 Å². The third-order valence-electron chi connectivity index (χ3n) is 3.46. The molecule has 1 fully saturated rings. The van der Waals surface area contributed by atoms with Crippen molar-refractivity contribution in [2.75, 3.05) is 38.6 Å². The van der Waals surface area contributed by atoms with Gasteiger partial charge in [-0.1, -0.05) is 6.07 Å². The van der Waals surface area contributed by atoms with E-state index in [9.17, 15) is 13.6 Å². The lowest BCUT2D eigenvalue weighted by atomic mass is 10.1. The predicted octanol–water partition coefficient (Wildman–Crippen LogP) is 2.35. The fourth-order valence-corrected chi connectivity index (χ4v) is 2.60. The molecule has 1 amide bonds. The van der Waals surface area contributed by atoms with E-state index in [-0.39, 0.29) is 5.56 Å². The third kappa shape index (κ3) is 3.46. The number of hydrogen-bond donors (Lipinski definition) is 0. The molecule has 110 valence electrons. The molecule has 1 saturated heterocycles. The summed E-state index contributed by atoms with van der Waals surface area (Å²) in [7, 11) is 0. The SMILES string of the molecule is O=C(c1cccc(F)c1F)N1CCCN(CCCl)CC1. The summed E-state index contributed by atoms with van der Waals surface area (Å²) in [4.78, 5) is 16.0. The van der Waals surface area contributed by atoms with E-state index in [1.807, 2.05) is 0 Å². The summed E-state index contributed by atoms with van der Waals surface area (Å²) >= 11 is 5.71. The van der Waals surface area contributed by atoms with Crippen LogP contribution in [0.2, 0.25) is 0 Å². The van der Waals surface area contributed by atoms with Crippen LogP contribution in [0.15, 0.2) is 18.2 Å². The molecule has 0 aliphatic carbocycles. The highest BCUT2D eigenvalue weighted by atomic mass is 35.5. The molecular formula is C14H17ClF2N2O. The van der Waals surface area contributed by atoms with Gasteiger partial charge in [-0.15, -0.1) is 11.6 Å². The molecule has 1 aliphatic rings. The molecule has 0 radical (unpaired) electrons. The van der Waals surface area contributed by atoms with Gasteiger partial charge in [0.1, 0.15) is 0 Å². The molecule has 0 N–H and O–H groups in total. The Balaban J connectivity index is 2.07. The normalized spacial score (nSPS) is 17.1. The van der Waals surface area contributed by atoms with E-state index in [1.54, 1.807) is 4.90 Å². The maximum atomic E-state index is 13.7. The summed E-state index contributed by atoms with van der Waals surface area (Å²) in [5.41, 5.74) is -0.198. The number of carbonyl (C=O) groups is 1. The summed E-state index contributed by atoms with van der Waals surface area (Å²) in [6.07, 6.45) is 0.805. The Bertz CT molecular complexity index is 484. The Morgan fingerprint density at radius 3 is 2.75 bits per heavy atom. The summed E-state index contributed by atoms with van der Waals surface area (Å²) in [5, 5.41) is 0. The van der Waals surface area contributed by atoms with Gasteiger partial charge in [0.2, 0.25) is 0 Å². The average molecular weight is 303 g/mol. The van der Waals surface area contributed by atoms with Crippen molar-refractivity contribution in [1.29, 1.82) is 0 Å². The van der Waals surface area contributed by atoms with Gasteiger partial charge in [0.15, 0.2) is 11.6 Å². The quantitative estimate of drug-likeness (QED) is 0.800. The molecule has 0 unspecified atom stereocenters. The standard InChI is InChI=1S/C14H17ClF2N2O/c15-5-8-18-6-2-7-19(10-9-18)14(20)11-3-1-4-12(16)13(11)17/h1,3-4H,2,5-10H2. The largest absolute Gasteiger partial charge is 0.337 e. The van der Waals surface area contributed by atoms with E-state index in [2.05, 4.69) is 4.90 Å². The van der Waals surface area contributed by atoms with Gasteiger partial charge in [-0.3, -0.25) is 4.79 Å². The molecule has 1 aromatic rings. The lowest BCUT2D eigenvalue weighted by molar-refractivity contribution is 0.0756. The second-order valence-electron chi connectivity index (χ2n) is 4.78. The van der Waals surface area contributed by atoms with Gasteiger partial charge in [-0.25, -0.2) is 8.78 Å². The number of alkyl halides is 1. The van der Waals surface area contributed by atoms with E-state index < -0.39 is 17.5 Å². The molecule has 1 aliphatic heterocycles. The minimum Gasteiger partial charge on any atom is -0.337 e. The predicted molar refractivity (Wildman–Crippen MR) is 74.0 cm³/mol. The molecule has 0 atom stereocenters. The van der Waals surface area contributed by atoms with Crippen LogP contribution in [0.25, 0.3) is 0 Å². The second kappa shape index (κ2) is 6.99. The van der Waals surface area contributed by atoms with Crippen molar-refractivity contribution in [3.05, 3.63) is 35.4 Å². The molecule has 3 nitrogen and oxygen atoms in total. The zero-order chi connectivity index (χ0) is 14.5. The molecule has 1 heterocycles. The van der Waals surface area contributed by atoms with Crippen molar-refractivity contribution in [2.24, 2.45) is 0 Å². The van der Waals surface area contributed by atoms with Crippen LogP contribution in [0.4, 0.5) is 8.78 Å². The van der Waals surface area contributed by atoms with E-state index in [0.717, 1.165) is 25.6 Å². The first-order valence-corrected chi connectivity index (χ1v) is 7.18. The smallest absolute Gasteiger partial charge is 0.256 e. The fourth-order valence-electron chi connectivity index (χ4n) is 2.36. The maximum absolute atomic E-state index is 13.7. The van der Waals surface area contributed by atoms with Crippen LogP contribution in [0, 0.1) is 11.6 Å². The average Bonchev–Trinajstić information content (AvgIpc) is 2.67. The lowest BCUT2D eigenvalue weighted by Gasteiger charge is -2.21. The Labute approximate surface area is 122 Å². The van der Waals surface area contributed by atoms with Gasteiger partial charge in [-0.2, -0.15) is 0 Å². The number of carbonyl (C=O) groups excluding carboxylic acids is 1. The molecule has 0 bridgehead atoms. The molecule has 0 aromatic heterocycles. The van der Waals surface area contributed by atoms with Crippen molar-refractivity contribution in [3.8, 4) is 0 Å². The Kier molecular flexibility index (Phi) is 5.31. The van der Waals surface area contributed by atoms with E-state index in [1.165, 1.54) is 12.1 Å². The molecule has 1 aromatic carbocycles. The number of halogens is 3. The molecule has 20 heavy (non-hydrogen) atoms. The van der Waals surface area contributed by atoms with Crippen LogP contribution in [-0.4, -0.2) is 54.3 Å². The van der Waals surface area contributed by atoms with Crippen molar-refractivity contribution >= 4 is 17.5 Å². The highest BCUT2D eigenvalue weighted by Crippen LogP contribution is 2.15. The van der Waals surface area contributed by atoms with Crippen molar-refractivity contribution < 1.29 is 13.6 Å².